The van der Waals surface area contributed by atoms with E-state index in [1.807, 2.05) is 37.3 Å². The van der Waals surface area contributed by atoms with Crippen molar-refractivity contribution in [1.29, 1.82) is 0 Å². The average Bonchev–Trinajstić information content (AvgIpc) is 2.71. The van der Waals surface area contributed by atoms with E-state index in [9.17, 15) is 4.79 Å². The molecule has 0 spiro atoms. The van der Waals surface area contributed by atoms with Gasteiger partial charge in [-0.3, -0.25) is 4.79 Å². The Hall–Kier alpha value is -2.30. The van der Waals surface area contributed by atoms with Crippen LogP contribution in [0.1, 0.15) is 12.6 Å². The molecule has 0 saturated heterocycles. The van der Waals surface area contributed by atoms with Gasteiger partial charge in [0.05, 0.1) is 11.4 Å². The monoisotopic (exact) mass is 246 g/mol. The minimum Gasteiger partial charge on any atom is -0.440 e. The fraction of sp³-hybridized carbons (Fsp3) is 0.231. The lowest BCUT2D eigenvalue weighted by Gasteiger charge is -2.08. The van der Waals surface area contributed by atoms with Crippen LogP contribution in [-0.2, 0) is 9.53 Å². The number of para-hydroxylation sites is 1. The maximum Gasteiger partial charge on any atom is 0.305 e. The summed E-state index contributed by atoms with van der Waals surface area (Å²) in [5.74, 6) is 0.164. The fourth-order valence-corrected chi connectivity index (χ4v) is 1.51. The molecule has 2 aromatic rings. The van der Waals surface area contributed by atoms with Gasteiger partial charge in [-0.2, -0.15) is 5.10 Å². The first-order valence-corrected chi connectivity index (χ1v) is 5.55. The molecule has 0 aliphatic carbocycles. The lowest BCUT2D eigenvalue weighted by molar-refractivity contribution is -0.147. The van der Waals surface area contributed by atoms with Crippen LogP contribution >= 0.6 is 0 Å². The number of nitrogens with zero attached hydrogens (tertiary/aromatic N) is 2. The van der Waals surface area contributed by atoms with Gasteiger partial charge in [0.25, 0.3) is 0 Å². The van der Waals surface area contributed by atoms with E-state index in [2.05, 4.69) is 5.10 Å². The summed E-state index contributed by atoms with van der Waals surface area (Å²) in [6.45, 7) is 3.09. The first-order chi connectivity index (χ1) is 8.66. The van der Waals surface area contributed by atoms with Gasteiger partial charge in [0, 0.05) is 13.0 Å². The molecule has 0 amide bonds. The first kappa shape index (κ1) is 12.2. The average molecular weight is 246 g/mol. The highest BCUT2D eigenvalue weighted by Gasteiger charge is 2.08. The molecule has 18 heavy (non-hydrogen) atoms. The van der Waals surface area contributed by atoms with Gasteiger partial charge < -0.3 is 9.47 Å². The highest BCUT2D eigenvalue weighted by atomic mass is 16.7. The van der Waals surface area contributed by atoms with Gasteiger partial charge in [-0.15, -0.1) is 0 Å². The van der Waals surface area contributed by atoms with Crippen LogP contribution in [0.4, 0.5) is 0 Å². The largest absolute Gasteiger partial charge is 0.440 e. The van der Waals surface area contributed by atoms with Crippen molar-refractivity contribution in [3.63, 3.8) is 0 Å². The Bertz CT molecular complexity index is 534. The van der Waals surface area contributed by atoms with E-state index in [4.69, 9.17) is 9.47 Å². The third-order valence-electron chi connectivity index (χ3n) is 2.27. The molecule has 0 unspecified atom stereocenters. The van der Waals surface area contributed by atoms with Crippen LogP contribution in [0.15, 0.2) is 36.4 Å². The van der Waals surface area contributed by atoms with Gasteiger partial charge >= 0.3 is 5.97 Å². The van der Waals surface area contributed by atoms with Crippen LogP contribution in [0.2, 0.25) is 0 Å². The molecular formula is C13H14N2O3. The zero-order valence-electron chi connectivity index (χ0n) is 10.3. The maximum atomic E-state index is 10.7. The van der Waals surface area contributed by atoms with Crippen molar-refractivity contribution in [3.8, 4) is 11.6 Å². The molecular weight excluding hydrogens is 232 g/mol. The first-order valence-electron chi connectivity index (χ1n) is 5.55. The maximum absolute atomic E-state index is 10.7. The molecule has 0 aliphatic heterocycles. The van der Waals surface area contributed by atoms with Gasteiger partial charge in [0.15, 0.2) is 0 Å². The summed E-state index contributed by atoms with van der Waals surface area (Å²) >= 11 is 0. The summed E-state index contributed by atoms with van der Waals surface area (Å²) < 4.78 is 11.8. The summed E-state index contributed by atoms with van der Waals surface area (Å²) in [6.07, 6.45) is 0. The predicted molar refractivity (Wildman–Crippen MR) is 65.6 cm³/mol. The number of ether oxygens (including phenoxy) is 2. The van der Waals surface area contributed by atoms with Crippen LogP contribution in [0, 0.1) is 6.92 Å². The zero-order valence-corrected chi connectivity index (χ0v) is 10.3. The Morgan fingerprint density at radius 2 is 2.06 bits per heavy atom. The Kier molecular flexibility index (Phi) is 3.62. The van der Waals surface area contributed by atoms with E-state index in [-0.39, 0.29) is 12.8 Å². The van der Waals surface area contributed by atoms with Gasteiger partial charge in [-0.05, 0) is 19.1 Å². The highest BCUT2D eigenvalue weighted by molar-refractivity contribution is 5.65. The molecule has 1 aromatic carbocycles. The molecule has 0 N–H and O–H groups in total. The zero-order chi connectivity index (χ0) is 13.0. The number of rotatable bonds is 4. The van der Waals surface area contributed by atoms with E-state index >= 15 is 0 Å². The molecule has 5 nitrogen and oxygen atoms in total. The fourth-order valence-electron chi connectivity index (χ4n) is 1.51. The smallest absolute Gasteiger partial charge is 0.305 e. The second-order valence-corrected chi connectivity index (χ2v) is 3.77. The van der Waals surface area contributed by atoms with Crippen molar-refractivity contribution in [2.45, 2.75) is 13.8 Å². The Labute approximate surface area is 105 Å². The second kappa shape index (κ2) is 5.35. The molecule has 0 saturated carbocycles. The van der Waals surface area contributed by atoms with Crippen molar-refractivity contribution >= 4 is 5.97 Å². The van der Waals surface area contributed by atoms with Crippen LogP contribution < -0.4 is 4.74 Å². The standard InChI is InChI=1S/C13H14N2O3/c1-10-8-13(18-9-17-11(2)16)15(14-10)12-6-4-3-5-7-12/h3-8H,9H2,1-2H3. The molecule has 0 atom stereocenters. The molecule has 94 valence electrons. The normalized spacial score (nSPS) is 10.1. The molecule has 0 bridgehead atoms. The topological polar surface area (TPSA) is 53.4 Å². The van der Waals surface area contributed by atoms with Crippen LogP contribution in [0.5, 0.6) is 5.88 Å². The highest BCUT2D eigenvalue weighted by Crippen LogP contribution is 2.18. The van der Waals surface area contributed by atoms with Crippen molar-refractivity contribution in [3.05, 3.63) is 42.1 Å². The van der Waals surface area contributed by atoms with Crippen molar-refractivity contribution in [1.82, 2.24) is 9.78 Å². The number of aromatic nitrogens is 2. The van der Waals surface area contributed by atoms with Crippen LogP contribution in [0.3, 0.4) is 0 Å². The van der Waals surface area contributed by atoms with Crippen LogP contribution in [0.25, 0.3) is 5.69 Å². The number of esters is 1. The second-order valence-electron chi connectivity index (χ2n) is 3.77. The molecule has 1 heterocycles. The summed E-state index contributed by atoms with van der Waals surface area (Å²) in [6, 6.07) is 11.4. The van der Waals surface area contributed by atoms with Gasteiger partial charge in [0.1, 0.15) is 0 Å². The lowest BCUT2D eigenvalue weighted by atomic mass is 10.3. The third kappa shape index (κ3) is 2.88. The van der Waals surface area contributed by atoms with E-state index in [0.29, 0.717) is 5.88 Å². The number of hydrogen-bond donors (Lipinski definition) is 0. The number of aryl methyl sites for hydroxylation is 1. The van der Waals surface area contributed by atoms with Crippen molar-refractivity contribution in [2.24, 2.45) is 0 Å². The van der Waals surface area contributed by atoms with E-state index in [0.717, 1.165) is 11.4 Å². The minimum absolute atomic E-state index is 0.118. The number of carbonyl (C=O) groups excluding carboxylic acids is 1. The molecule has 1 aromatic heterocycles. The number of carbonyl (C=O) groups is 1. The third-order valence-corrected chi connectivity index (χ3v) is 2.27. The molecule has 2 rings (SSSR count). The molecule has 0 radical (unpaired) electrons. The lowest BCUT2D eigenvalue weighted by Crippen LogP contribution is -2.09. The number of hydrogen-bond acceptors (Lipinski definition) is 4. The van der Waals surface area contributed by atoms with Gasteiger partial charge in [-0.1, -0.05) is 18.2 Å². The Morgan fingerprint density at radius 3 is 2.72 bits per heavy atom. The van der Waals surface area contributed by atoms with E-state index in [1.165, 1.54) is 6.92 Å². The summed E-state index contributed by atoms with van der Waals surface area (Å²) in [4.78, 5) is 10.7. The molecule has 5 heteroatoms. The van der Waals surface area contributed by atoms with E-state index < -0.39 is 0 Å². The van der Waals surface area contributed by atoms with Gasteiger partial charge in [-0.25, -0.2) is 4.68 Å². The minimum atomic E-state index is -0.377. The Balaban J connectivity index is 2.18. The van der Waals surface area contributed by atoms with Gasteiger partial charge in [0.2, 0.25) is 12.7 Å². The van der Waals surface area contributed by atoms with E-state index in [1.54, 1.807) is 10.7 Å². The SMILES string of the molecule is CC(=O)OCOc1cc(C)nn1-c1ccccc1. The molecule has 0 aliphatic rings. The Morgan fingerprint density at radius 1 is 1.33 bits per heavy atom. The van der Waals surface area contributed by atoms with Crippen LogP contribution in [-0.4, -0.2) is 22.5 Å². The number of benzene rings is 1. The quantitative estimate of drug-likeness (QED) is 0.612. The van der Waals surface area contributed by atoms with Crippen molar-refractivity contribution < 1.29 is 14.3 Å². The van der Waals surface area contributed by atoms with Crippen molar-refractivity contribution in [2.75, 3.05) is 6.79 Å². The summed E-state index contributed by atoms with van der Waals surface area (Å²) in [5, 5.41) is 4.33. The summed E-state index contributed by atoms with van der Waals surface area (Å²) in [5.41, 5.74) is 1.72. The molecule has 0 fully saturated rings. The summed E-state index contributed by atoms with van der Waals surface area (Å²) in [7, 11) is 0. The predicted octanol–water partition coefficient (Wildman–Crippen LogP) is 2.08.